The molecule has 0 unspecified atom stereocenters. The molecule has 7 N–H and O–H groups in total. The topological polar surface area (TPSA) is 176 Å². The molecule has 0 heterocycles. The van der Waals surface area contributed by atoms with E-state index in [-0.39, 0.29) is 11.5 Å². The van der Waals surface area contributed by atoms with Crippen LogP contribution in [0.1, 0.15) is 44.4 Å². The van der Waals surface area contributed by atoms with E-state index in [1.165, 1.54) is 18.0 Å². The number of carboxylic acids is 1. The van der Waals surface area contributed by atoms with Gasteiger partial charge in [0.15, 0.2) is 17.3 Å². The van der Waals surface area contributed by atoms with Crippen LogP contribution in [0.15, 0.2) is 36.4 Å². The molecule has 0 fully saturated rings. The van der Waals surface area contributed by atoms with Crippen molar-refractivity contribution in [2.24, 2.45) is 5.73 Å². The number of carboxylic acid groups (broad SMARTS) is 1. The highest BCUT2D eigenvalue weighted by Crippen LogP contribution is 2.38. The van der Waals surface area contributed by atoms with Crippen LogP contribution in [0.4, 0.5) is 11.4 Å². The van der Waals surface area contributed by atoms with Crippen LogP contribution in [0.2, 0.25) is 0 Å². The molecule has 2 aromatic rings. The second-order valence-electron chi connectivity index (χ2n) is 7.89. The standard InChI is InChI=1S/C24H35N5O6S2/c1-4-11-36-27-14-20(28-17-9-7-16(8-10-17)24(25)26)18-12-21(34-5-2)22(35-6-3)13-19(18)29-37(32,33)15-23(30)31/h7-10,12-13,20,27-29H,4-6,11,14-15H2,1-3H3,(H3,25,26)(H,30,31)/t20-/m0/s1. The number of benzene rings is 2. The van der Waals surface area contributed by atoms with Gasteiger partial charge in [0.2, 0.25) is 10.0 Å². The van der Waals surface area contributed by atoms with Gasteiger partial charge in [0, 0.05) is 35.2 Å². The van der Waals surface area contributed by atoms with Gasteiger partial charge in [0.1, 0.15) is 5.84 Å². The Labute approximate surface area is 222 Å². The van der Waals surface area contributed by atoms with Crippen LogP contribution in [0.5, 0.6) is 11.5 Å². The number of anilines is 2. The normalized spacial score (nSPS) is 12.0. The largest absolute Gasteiger partial charge is 0.490 e. The van der Waals surface area contributed by atoms with Crippen molar-refractivity contribution in [3.05, 3.63) is 47.5 Å². The molecule has 0 bridgehead atoms. The summed E-state index contributed by atoms with van der Waals surface area (Å²) in [4.78, 5) is 11.1. The minimum Gasteiger partial charge on any atom is -0.490 e. The summed E-state index contributed by atoms with van der Waals surface area (Å²) < 4.78 is 42.4. The molecule has 0 saturated carbocycles. The second-order valence-corrected chi connectivity index (χ2v) is 10.6. The molecule has 0 spiro atoms. The van der Waals surface area contributed by atoms with Gasteiger partial charge < -0.3 is 25.6 Å². The molecule has 2 rings (SSSR count). The zero-order chi connectivity index (χ0) is 27.4. The average molecular weight is 554 g/mol. The Morgan fingerprint density at radius 3 is 2.27 bits per heavy atom. The Kier molecular flexibility index (Phi) is 11.8. The summed E-state index contributed by atoms with van der Waals surface area (Å²) in [5.41, 5.74) is 7.55. The molecule has 0 saturated heterocycles. The lowest BCUT2D eigenvalue weighted by molar-refractivity contribution is -0.134. The quantitative estimate of drug-likeness (QED) is 0.0737. The zero-order valence-corrected chi connectivity index (χ0v) is 22.8. The highest BCUT2D eigenvalue weighted by Gasteiger charge is 2.24. The first kappa shape index (κ1) is 30.1. The predicted octanol–water partition coefficient (Wildman–Crippen LogP) is 3.40. The van der Waals surface area contributed by atoms with Gasteiger partial charge in [-0.15, -0.1) is 0 Å². The van der Waals surface area contributed by atoms with E-state index in [4.69, 9.17) is 25.7 Å². The average Bonchev–Trinajstić information content (AvgIpc) is 2.82. The van der Waals surface area contributed by atoms with E-state index in [1.54, 1.807) is 37.3 Å². The Hall–Kier alpha value is -3.16. The van der Waals surface area contributed by atoms with Gasteiger partial charge in [0.05, 0.1) is 24.9 Å². The highest BCUT2D eigenvalue weighted by molar-refractivity contribution is 7.97. The molecule has 0 radical (unpaired) electrons. The van der Waals surface area contributed by atoms with Crippen LogP contribution in [0.3, 0.4) is 0 Å². The van der Waals surface area contributed by atoms with Gasteiger partial charge >= 0.3 is 5.97 Å². The maximum absolute atomic E-state index is 12.6. The molecule has 0 aromatic heterocycles. The van der Waals surface area contributed by atoms with Crippen LogP contribution in [-0.2, 0) is 14.8 Å². The number of sulfonamides is 1. The fourth-order valence-corrected chi connectivity index (χ4v) is 4.90. The van der Waals surface area contributed by atoms with Crippen molar-refractivity contribution >= 4 is 45.2 Å². The van der Waals surface area contributed by atoms with Crippen molar-refractivity contribution in [2.75, 3.05) is 41.3 Å². The number of aliphatic carboxylic acids is 1. The Morgan fingerprint density at radius 2 is 1.73 bits per heavy atom. The first-order valence-corrected chi connectivity index (χ1v) is 14.4. The Balaban J connectivity index is 2.58. The molecule has 0 aliphatic rings. The maximum Gasteiger partial charge on any atom is 0.320 e. The lowest BCUT2D eigenvalue weighted by Gasteiger charge is -2.25. The SMILES string of the molecule is CCCSNC[C@H](Nc1ccc(C(=N)N)cc1)c1cc(OCC)c(OCC)cc1NS(=O)(=O)CC(=O)O. The molecule has 37 heavy (non-hydrogen) atoms. The van der Waals surface area contributed by atoms with Crippen molar-refractivity contribution in [2.45, 2.75) is 33.2 Å². The molecular weight excluding hydrogens is 518 g/mol. The number of carbonyl (C=O) groups is 1. The second kappa shape index (κ2) is 14.5. The summed E-state index contributed by atoms with van der Waals surface area (Å²) in [5.74, 6) is -0.962. The monoisotopic (exact) mass is 553 g/mol. The number of hydrogen-bond acceptors (Lipinski definition) is 9. The highest BCUT2D eigenvalue weighted by atomic mass is 32.2. The van der Waals surface area contributed by atoms with Crippen molar-refractivity contribution in [3.8, 4) is 11.5 Å². The molecule has 13 heteroatoms. The summed E-state index contributed by atoms with van der Waals surface area (Å²) in [6, 6.07) is 9.70. The van der Waals surface area contributed by atoms with Crippen LogP contribution < -0.4 is 30.0 Å². The number of nitrogens with two attached hydrogens (primary N) is 1. The predicted molar refractivity (Wildman–Crippen MR) is 148 cm³/mol. The van der Waals surface area contributed by atoms with Crippen LogP contribution in [-0.4, -0.2) is 56.6 Å². The molecule has 0 amide bonds. The summed E-state index contributed by atoms with van der Waals surface area (Å²) in [7, 11) is -4.20. The van der Waals surface area contributed by atoms with Crippen molar-refractivity contribution < 1.29 is 27.8 Å². The molecule has 204 valence electrons. The van der Waals surface area contributed by atoms with E-state index in [1.807, 2.05) is 6.92 Å². The fourth-order valence-electron chi connectivity index (χ4n) is 3.36. The lowest BCUT2D eigenvalue weighted by Crippen LogP contribution is -2.27. The number of hydrogen-bond donors (Lipinski definition) is 6. The van der Waals surface area contributed by atoms with E-state index in [2.05, 4.69) is 21.7 Å². The van der Waals surface area contributed by atoms with Gasteiger partial charge in [-0.3, -0.25) is 19.6 Å². The lowest BCUT2D eigenvalue weighted by atomic mass is 10.0. The molecule has 1 atom stereocenters. The Morgan fingerprint density at radius 1 is 1.11 bits per heavy atom. The van der Waals surface area contributed by atoms with E-state index < -0.39 is 27.8 Å². The minimum atomic E-state index is -4.20. The number of amidine groups is 1. The van der Waals surface area contributed by atoms with Gasteiger partial charge in [-0.25, -0.2) is 8.42 Å². The maximum atomic E-state index is 12.6. The molecule has 0 aliphatic carbocycles. The molecular formula is C24H35N5O6S2. The summed E-state index contributed by atoms with van der Waals surface area (Å²) >= 11 is 1.54. The summed E-state index contributed by atoms with van der Waals surface area (Å²) in [6.07, 6.45) is 0.972. The number of nitrogens with one attached hydrogen (secondary N) is 4. The summed E-state index contributed by atoms with van der Waals surface area (Å²) in [5, 5.41) is 20.1. The van der Waals surface area contributed by atoms with Gasteiger partial charge in [0.25, 0.3) is 0 Å². The van der Waals surface area contributed by atoms with Crippen LogP contribution in [0.25, 0.3) is 0 Å². The summed E-state index contributed by atoms with van der Waals surface area (Å²) in [6.45, 7) is 6.76. The van der Waals surface area contributed by atoms with Gasteiger partial charge in [-0.2, -0.15) is 0 Å². The number of rotatable bonds is 17. The van der Waals surface area contributed by atoms with E-state index in [0.29, 0.717) is 48.1 Å². The number of ether oxygens (including phenoxy) is 2. The molecule has 11 nitrogen and oxygen atoms in total. The van der Waals surface area contributed by atoms with Crippen molar-refractivity contribution in [1.82, 2.24) is 4.72 Å². The van der Waals surface area contributed by atoms with E-state index in [9.17, 15) is 13.2 Å². The molecule has 2 aromatic carbocycles. The van der Waals surface area contributed by atoms with Crippen LogP contribution >= 0.6 is 11.9 Å². The third kappa shape index (κ3) is 9.67. The first-order valence-electron chi connectivity index (χ1n) is 11.8. The number of nitrogen functional groups attached to an aromatic ring is 1. The molecule has 0 aliphatic heterocycles. The fraction of sp³-hybridized carbons (Fsp3) is 0.417. The third-order valence-corrected chi connectivity index (χ3v) is 7.04. The van der Waals surface area contributed by atoms with Crippen LogP contribution in [0, 0.1) is 5.41 Å². The smallest absolute Gasteiger partial charge is 0.320 e. The zero-order valence-electron chi connectivity index (χ0n) is 21.2. The van der Waals surface area contributed by atoms with E-state index >= 15 is 0 Å². The third-order valence-electron chi connectivity index (χ3n) is 4.90. The first-order chi connectivity index (χ1) is 17.6. The Bertz CT molecular complexity index is 1160. The minimum absolute atomic E-state index is 0.0521. The van der Waals surface area contributed by atoms with Gasteiger partial charge in [-0.05, 0) is 50.6 Å². The van der Waals surface area contributed by atoms with Gasteiger partial charge in [-0.1, -0.05) is 18.9 Å². The van der Waals surface area contributed by atoms with Crippen molar-refractivity contribution in [3.63, 3.8) is 0 Å². The van der Waals surface area contributed by atoms with Crippen molar-refractivity contribution in [1.29, 1.82) is 5.41 Å². The van der Waals surface area contributed by atoms with E-state index in [0.717, 1.165) is 12.2 Å².